The zero-order valence-corrected chi connectivity index (χ0v) is 11.7. The van der Waals surface area contributed by atoms with Gasteiger partial charge in [-0.25, -0.2) is 0 Å². The van der Waals surface area contributed by atoms with E-state index in [0.717, 1.165) is 25.9 Å². The van der Waals surface area contributed by atoms with Crippen molar-refractivity contribution in [3.8, 4) is 0 Å². The molecule has 2 aliphatic rings. The lowest BCUT2D eigenvalue weighted by Gasteiger charge is -2.34. The maximum atomic E-state index is 12.2. The summed E-state index contributed by atoms with van der Waals surface area (Å²) in [5, 5.41) is 3.57. The lowest BCUT2D eigenvalue weighted by molar-refractivity contribution is -0.138. The van der Waals surface area contributed by atoms with Crippen molar-refractivity contribution in [3.63, 3.8) is 0 Å². The minimum absolute atomic E-state index is 0.120. The second-order valence-corrected chi connectivity index (χ2v) is 6.47. The molecule has 2 fully saturated rings. The lowest BCUT2D eigenvalue weighted by Crippen LogP contribution is -2.42. The molecule has 0 spiro atoms. The molecule has 0 amide bonds. The summed E-state index contributed by atoms with van der Waals surface area (Å²) in [6, 6.07) is 0.679. The van der Waals surface area contributed by atoms with E-state index >= 15 is 0 Å². The van der Waals surface area contributed by atoms with E-state index in [0.29, 0.717) is 6.04 Å². The van der Waals surface area contributed by atoms with Crippen molar-refractivity contribution in [1.82, 2.24) is 10.2 Å². The van der Waals surface area contributed by atoms with Crippen LogP contribution in [-0.2, 0) is 0 Å². The fourth-order valence-electron chi connectivity index (χ4n) is 3.13. The standard InChI is InChI=1S/C14H25F3N2/c1-19(9-8-14(15,16)17)11-13(6-2-3-7-13)10-18-12-4-5-12/h12,18H,2-11H2,1H3. The average molecular weight is 278 g/mol. The minimum atomic E-state index is -4.04. The summed E-state index contributed by atoms with van der Waals surface area (Å²) in [6.45, 7) is 1.89. The van der Waals surface area contributed by atoms with E-state index < -0.39 is 12.6 Å². The molecular formula is C14H25F3N2. The highest BCUT2D eigenvalue weighted by Gasteiger charge is 2.37. The molecule has 0 saturated heterocycles. The van der Waals surface area contributed by atoms with E-state index in [1.165, 1.54) is 25.7 Å². The molecule has 0 heterocycles. The van der Waals surface area contributed by atoms with Gasteiger partial charge in [-0.15, -0.1) is 0 Å². The van der Waals surface area contributed by atoms with Gasteiger partial charge in [0.05, 0.1) is 6.42 Å². The summed E-state index contributed by atoms with van der Waals surface area (Å²) in [4.78, 5) is 1.87. The maximum Gasteiger partial charge on any atom is 0.390 e. The summed E-state index contributed by atoms with van der Waals surface area (Å²) in [5.74, 6) is 0. The van der Waals surface area contributed by atoms with E-state index in [2.05, 4.69) is 5.32 Å². The molecule has 1 N–H and O–H groups in total. The quantitative estimate of drug-likeness (QED) is 0.769. The van der Waals surface area contributed by atoms with Gasteiger partial charge in [0.1, 0.15) is 0 Å². The van der Waals surface area contributed by atoms with Crippen LogP contribution >= 0.6 is 0 Å². The summed E-state index contributed by atoms with van der Waals surface area (Å²) >= 11 is 0. The number of halogens is 3. The van der Waals surface area contributed by atoms with Gasteiger partial charge in [0.15, 0.2) is 0 Å². The molecule has 0 aromatic heterocycles. The van der Waals surface area contributed by atoms with Crippen molar-refractivity contribution < 1.29 is 13.2 Å². The molecule has 19 heavy (non-hydrogen) atoms. The molecule has 0 aliphatic heterocycles. The first kappa shape index (κ1) is 15.1. The van der Waals surface area contributed by atoms with Crippen molar-refractivity contribution in [2.75, 3.05) is 26.7 Å². The smallest absolute Gasteiger partial charge is 0.313 e. The maximum absolute atomic E-state index is 12.2. The van der Waals surface area contributed by atoms with Gasteiger partial charge in [0.25, 0.3) is 0 Å². The molecule has 2 saturated carbocycles. The van der Waals surface area contributed by atoms with Crippen LogP contribution in [-0.4, -0.2) is 43.8 Å². The van der Waals surface area contributed by atoms with Gasteiger partial charge >= 0.3 is 6.18 Å². The van der Waals surface area contributed by atoms with Crippen LogP contribution in [0.2, 0.25) is 0 Å². The van der Waals surface area contributed by atoms with Crippen LogP contribution in [0.15, 0.2) is 0 Å². The molecule has 0 bridgehead atoms. The van der Waals surface area contributed by atoms with E-state index in [9.17, 15) is 13.2 Å². The van der Waals surface area contributed by atoms with E-state index in [1.807, 2.05) is 11.9 Å². The molecule has 0 radical (unpaired) electrons. The first-order valence-corrected chi connectivity index (χ1v) is 7.37. The van der Waals surface area contributed by atoms with Crippen LogP contribution in [0, 0.1) is 5.41 Å². The summed E-state index contributed by atoms with van der Waals surface area (Å²) in [7, 11) is 1.82. The second kappa shape index (κ2) is 6.00. The van der Waals surface area contributed by atoms with Gasteiger partial charge in [-0.1, -0.05) is 12.8 Å². The van der Waals surface area contributed by atoms with Crippen molar-refractivity contribution >= 4 is 0 Å². The predicted molar refractivity (Wildman–Crippen MR) is 70.1 cm³/mol. The molecule has 0 atom stereocenters. The van der Waals surface area contributed by atoms with Crippen LogP contribution in [0.5, 0.6) is 0 Å². The monoisotopic (exact) mass is 278 g/mol. The van der Waals surface area contributed by atoms with Gasteiger partial charge in [0.2, 0.25) is 0 Å². The van der Waals surface area contributed by atoms with Crippen molar-refractivity contribution in [3.05, 3.63) is 0 Å². The first-order chi connectivity index (χ1) is 8.89. The molecule has 5 heteroatoms. The van der Waals surface area contributed by atoms with Gasteiger partial charge in [-0.3, -0.25) is 0 Å². The molecular weight excluding hydrogens is 253 g/mol. The first-order valence-electron chi connectivity index (χ1n) is 7.37. The van der Waals surface area contributed by atoms with Gasteiger partial charge in [0, 0.05) is 25.7 Å². The third-order valence-corrected chi connectivity index (χ3v) is 4.39. The Balaban J connectivity index is 1.77. The average Bonchev–Trinajstić information content (AvgIpc) is 3.04. The van der Waals surface area contributed by atoms with Crippen LogP contribution in [0.4, 0.5) is 13.2 Å². The minimum Gasteiger partial charge on any atom is -0.313 e. The highest BCUT2D eigenvalue weighted by molar-refractivity contribution is 4.92. The van der Waals surface area contributed by atoms with Crippen molar-refractivity contribution in [1.29, 1.82) is 0 Å². The Morgan fingerprint density at radius 2 is 1.84 bits per heavy atom. The molecule has 112 valence electrons. The van der Waals surface area contributed by atoms with E-state index in [-0.39, 0.29) is 12.0 Å². The Bertz CT molecular complexity index is 281. The Morgan fingerprint density at radius 1 is 1.21 bits per heavy atom. The van der Waals surface area contributed by atoms with E-state index in [1.54, 1.807) is 0 Å². The number of hydrogen-bond acceptors (Lipinski definition) is 2. The Morgan fingerprint density at radius 3 is 2.37 bits per heavy atom. The number of hydrogen-bond donors (Lipinski definition) is 1. The summed E-state index contributed by atoms with van der Waals surface area (Å²) in [5.41, 5.74) is 0.211. The van der Waals surface area contributed by atoms with Gasteiger partial charge < -0.3 is 10.2 Å². The normalized spacial score (nSPS) is 23.2. The zero-order valence-electron chi connectivity index (χ0n) is 11.7. The summed E-state index contributed by atoms with van der Waals surface area (Å²) in [6.07, 6.45) is 2.55. The number of nitrogens with one attached hydrogen (secondary N) is 1. The highest BCUT2D eigenvalue weighted by atomic mass is 19.4. The third-order valence-electron chi connectivity index (χ3n) is 4.39. The Labute approximate surface area is 113 Å². The third kappa shape index (κ3) is 5.30. The SMILES string of the molecule is CN(CCC(F)(F)F)CC1(CNC2CC2)CCCC1. The van der Waals surface area contributed by atoms with Gasteiger partial charge in [-0.2, -0.15) is 13.2 Å². The Kier molecular flexibility index (Phi) is 4.77. The number of alkyl halides is 3. The largest absolute Gasteiger partial charge is 0.390 e. The van der Waals surface area contributed by atoms with Crippen LogP contribution < -0.4 is 5.32 Å². The molecule has 2 aliphatic carbocycles. The van der Waals surface area contributed by atoms with E-state index in [4.69, 9.17) is 0 Å². The molecule has 0 aromatic rings. The predicted octanol–water partition coefficient (Wildman–Crippen LogP) is 3.18. The Hall–Kier alpha value is -0.290. The zero-order chi connectivity index (χ0) is 13.9. The topological polar surface area (TPSA) is 15.3 Å². The fourth-order valence-corrected chi connectivity index (χ4v) is 3.13. The molecule has 0 unspecified atom stereocenters. The number of nitrogens with zero attached hydrogens (tertiary/aromatic N) is 1. The van der Waals surface area contributed by atoms with Crippen LogP contribution in [0.3, 0.4) is 0 Å². The highest BCUT2D eigenvalue weighted by Crippen LogP contribution is 2.39. The lowest BCUT2D eigenvalue weighted by atomic mass is 9.85. The molecule has 2 rings (SSSR count). The van der Waals surface area contributed by atoms with Crippen molar-refractivity contribution in [2.24, 2.45) is 5.41 Å². The fraction of sp³-hybridized carbons (Fsp3) is 1.00. The molecule has 2 nitrogen and oxygen atoms in total. The van der Waals surface area contributed by atoms with Crippen molar-refractivity contribution in [2.45, 2.75) is 57.2 Å². The second-order valence-electron chi connectivity index (χ2n) is 6.47. The van der Waals surface area contributed by atoms with Gasteiger partial charge in [-0.05, 0) is 38.1 Å². The van der Waals surface area contributed by atoms with Crippen LogP contribution in [0.1, 0.15) is 44.9 Å². The van der Waals surface area contributed by atoms with Crippen LogP contribution in [0.25, 0.3) is 0 Å². The number of rotatable bonds is 7. The molecule has 0 aromatic carbocycles. The summed E-state index contributed by atoms with van der Waals surface area (Å²) < 4.78 is 36.7.